The molecule has 1 aromatic heterocycles. The molecule has 0 aliphatic rings. The number of carbonyl (C=O) groups is 1. The van der Waals surface area contributed by atoms with Crippen molar-refractivity contribution in [3.8, 4) is 22.3 Å². The first-order chi connectivity index (χ1) is 15.1. The van der Waals surface area contributed by atoms with E-state index in [-0.39, 0.29) is 5.91 Å². The summed E-state index contributed by atoms with van der Waals surface area (Å²) >= 11 is 6.48. The van der Waals surface area contributed by atoms with Crippen LogP contribution in [0.5, 0.6) is 0 Å². The summed E-state index contributed by atoms with van der Waals surface area (Å²) in [6.07, 6.45) is 2.48. The third kappa shape index (κ3) is 5.01. The summed E-state index contributed by atoms with van der Waals surface area (Å²) in [5, 5.41) is 0.625. The van der Waals surface area contributed by atoms with Gasteiger partial charge < -0.3 is 4.90 Å². The maximum absolute atomic E-state index is 13.0. The van der Waals surface area contributed by atoms with E-state index in [1.54, 1.807) is 23.2 Å². The molecule has 0 spiro atoms. The Morgan fingerprint density at radius 3 is 2.23 bits per heavy atom. The van der Waals surface area contributed by atoms with Gasteiger partial charge in [0.1, 0.15) is 0 Å². The minimum Gasteiger partial charge on any atom is -0.341 e. The Labute approximate surface area is 188 Å². The van der Waals surface area contributed by atoms with Crippen LogP contribution in [0.25, 0.3) is 22.3 Å². The van der Waals surface area contributed by atoms with Gasteiger partial charge in [0.2, 0.25) is 0 Å². The first-order valence-corrected chi connectivity index (χ1v) is 10.6. The smallest absolute Gasteiger partial charge is 0.253 e. The molecule has 0 fully saturated rings. The topological polar surface area (TPSA) is 33.2 Å². The molecular formula is C27H23ClN2O. The molecule has 0 aliphatic heterocycles. The number of hydrogen-bond acceptors (Lipinski definition) is 2. The molecule has 4 rings (SSSR count). The monoisotopic (exact) mass is 426 g/mol. The fourth-order valence-corrected chi connectivity index (χ4v) is 3.73. The highest BCUT2D eigenvalue weighted by Crippen LogP contribution is 2.31. The highest BCUT2D eigenvalue weighted by Gasteiger charge is 2.15. The first-order valence-electron chi connectivity index (χ1n) is 10.2. The van der Waals surface area contributed by atoms with E-state index in [0.717, 1.165) is 22.4 Å². The molecule has 3 nitrogen and oxygen atoms in total. The van der Waals surface area contributed by atoms with Crippen molar-refractivity contribution in [3.05, 3.63) is 113 Å². The molecule has 3 aromatic carbocycles. The van der Waals surface area contributed by atoms with Crippen molar-refractivity contribution in [2.45, 2.75) is 6.42 Å². The van der Waals surface area contributed by atoms with Gasteiger partial charge in [0.15, 0.2) is 0 Å². The molecule has 4 aromatic rings. The molecule has 4 heteroatoms. The molecule has 31 heavy (non-hydrogen) atoms. The van der Waals surface area contributed by atoms with Crippen LogP contribution in [0.4, 0.5) is 0 Å². The zero-order chi connectivity index (χ0) is 21.6. The van der Waals surface area contributed by atoms with Crippen molar-refractivity contribution in [1.29, 1.82) is 0 Å². The Kier molecular flexibility index (Phi) is 6.44. The van der Waals surface area contributed by atoms with Crippen LogP contribution >= 0.6 is 11.6 Å². The second kappa shape index (κ2) is 9.59. The Hall–Kier alpha value is -3.43. The number of nitrogens with zero attached hydrogens (tertiary/aromatic N) is 2. The van der Waals surface area contributed by atoms with Gasteiger partial charge in [-0.15, -0.1) is 0 Å². The maximum atomic E-state index is 13.0. The van der Waals surface area contributed by atoms with Crippen LogP contribution in [-0.4, -0.2) is 29.4 Å². The zero-order valence-corrected chi connectivity index (χ0v) is 18.1. The summed E-state index contributed by atoms with van der Waals surface area (Å²) in [5.74, 6) is -0.0326. The normalized spacial score (nSPS) is 10.6. The summed E-state index contributed by atoms with van der Waals surface area (Å²) in [6.45, 7) is 0.597. The highest BCUT2D eigenvalue weighted by molar-refractivity contribution is 6.33. The van der Waals surface area contributed by atoms with E-state index in [0.29, 0.717) is 23.6 Å². The minimum atomic E-state index is -0.0326. The zero-order valence-electron chi connectivity index (χ0n) is 17.3. The first kappa shape index (κ1) is 20.8. The van der Waals surface area contributed by atoms with Gasteiger partial charge in [-0.05, 0) is 47.0 Å². The van der Waals surface area contributed by atoms with Crippen molar-refractivity contribution in [1.82, 2.24) is 9.88 Å². The number of hydrogen-bond donors (Lipinski definition) is 0. The summed E-state index contributed by atoms with van der Waals surface area (Å²) < 4.78 is 0. The van der Waals surface area contributed by atoms with Crippen molar-refractivity contribution in [2.75, 3.05) is 13.6 Å². The molecule has 0 bridgehead atoms. The SMILES string of the molecule is CN(CCc1ccccn1)C(=O)c1ccc(Cl)c(-c2ccc(-c3ccccc3)cc2)c1. The van der Waals surface area contributed by atoms with Crippen LogP contribution in [-0.2, 0) is 6.42 Å². The van der Waals surface area contributed by atoms with Gasteiger partial charge in [-0.1, -0.05) is 72.3 Å². The standard InChI is InChI=1S/C27H23ClN2O/c1-30(18-16-24-9-5-6-17-29-24)27(31)23-14-15-26(28)25(19-23)22-12-10-21(11-13-22)20-7-3-2-4-8-20/h2-15,17,19H,16,18H2,1H3. The Morgan fingerprint density at radius 1 is 0.839 bits per heavy atom. The van der Waals surface area contributed by atoms with E-state index in [1.165, 1.54) is 5.56 Å². The van der Waals surface area contributed by atoms with Crippen LogP contribution in [0.15, 0.2) is 97.2 Å². The van der Waals surface area contributed by atoms with Crippen molar-refractivity contribution in [2.24, 2.45) is 0 Å². The van der Waals surface area contributed by atoms with Gasteiger partial charge in [0.05, 0.1) is 0 Å². The lowest BCUT2D eigenvalue weighted by atomic mass is 9.99. The Morgan fingerprint density at radius 2 is 1.52 bits per heavy atom. The van der Waals surface area contributed by atoms with Gasteiger partial charge >= 0.3 is 0 Å². The maximum Gasteiger partial charge on any atom is 0.253 e. The Bertz CT molecular complexity index is 1160. The predicted molar refractivity (Wildman–Crippen MR) is 127 cm³/mol. The molecule has 0 aliphatic carbocycles. The number of aromatic nitrogens is 1. The summed E-state index contributed by atoms with van der Waals surface area (Å²) in [4.78, 5) is 19.0. The fraction of sp³-hybridized carbons (Fsp3) is 0.111. The highest BCUT2D eigenvalue weighted by atomic mass is 35.5. The van der Waals surface area contributed by atoms with Crippen molar-refractivity contribution in [3.63, 3.8) is 0 Å². The molecule has 0 saturated heterocycles. The largest absolute Gasteiger partial charge is 0.341 e. The van der Waals surface area contributed by atoms with E-state index in [1.807, 2.05) is 61.6 Å². The second-order valence-electron chi connectivity index (χ2n) is 7.44. The van der Waals surface area contributed by atoms with E-state index < -0.39 is 0 Å². The minimum absolute atomic E-state index is 0.0326. The van der Waals surface area contributed by atoms with E-state index in [4.69, 9.17) is 11.6 Å². The van der Waals surface area contributed by atoms with Gasteiger partial charge in [0, 0.05) is 48.1 Å². The molecule has 1 amide bonds. The van der Waals surface area contributed by atoms with Crippen LogP contribution < -0.4 is 0 Å². The number of halogens is 1. The number of rotatable bonds is 6. The summed E-state index contributed by atoms with van der Waals surface area (Å²) in [7, 11) is 1.81. The van der Waals surface area contributed by atoms with Gasteiger partial charge in [-0.25, -0.2) is 0 Å². The summed E-state index contributed by atoms with van der Waals surface area (Å²) in [6, 6.07) is 29.7. The number of pyridine rings is 1. The molecule has 0 atom stereocenters. The van der Waals surface area contributed by atoms with E-state index >= 15 is 0 Å². The summed E-state index contributed by atoms with van der Waals surface area (Å²) in [5.41, 5.74) is 5.73. The molecule has 154 valence electrons. The number of benzene rings is 3. The number of carbonyl (C=O) groups excluding carboxylic acids is 1. The van der Waals surface area contributed by atoms with Crippen molar-refractivity contribution < 1.29 is 4.79 Å². The van der Waals surface area contributed by atoms with Crippen LogP contribution in [0.2, 0.25) is 5.02 Å². The predicted octanol–water partition coefficient (Wildman–Crippen LogP) is 6.38. The van der Waals surface area contributed by atoms with Crippen LogP contribution in [0, 0.1) is 0 Å². The van der Waals surface area contributed by atoms with Crippen LogP contribution in [0.3, 0.4) is 0 Å². The number of likely N-dealkylation sites (N-methyl/N-ethyl adjacent to an activating group) is 1. The third-order valence-electron chi connectivity index (χ3n) is 5.29. The third-order valence-corrected chi connectivity index (χ3v) is 5.62. The van der Waals surface area contributed by atoms with Gasteiger partial charge in [-0.2, -0.15) is 0 Å². The van der Waals surface area contributed by atoms with E-state index in [2.05, 4.69) is 29.2 Å². The lowest BCUT2D eigenvalue weighted by molar-refractivity contribution is 0.0796. The number of amides is 1. The lowest BCUT2D eigenvalue weighted by Crippen LogP contribution is -2.29. The van der Waals surface area contributed by atoms with Gasteiger partial charge in [0.25, 0.3) is 5.91 Å². The lowest BCUT2D eigenvalue weighted by Gasteiger charge is -2.18. The molecule has 0 N–H and O–H groups in total. The van der Waals surface area contributed by atoms with Crippen LogP contribution in [0.1, 0.15) is 16.1 Å². The fourth-order valence-electron chi connectivity index (χ4n) is 3.50. The van der Waals surface area contributed by atoms with Gasteiger partial charge in [-0.3, -0.25) is 9.78 Å². The molecular weight excluding hydrogens is 404 g/mol. The second-order valence-corrected chi connectivity index (χ2v) is 7.84. The average Bonchev–Trinajstić information content (AvgIpc) is 2.84. The molecule has 1 heterocycles. The Balaban J connectivity index is 1.52. The van der Waals surface area contributed by atoms with Crippen molar-refractivity contribution >= 4 is 17.5 Å². The average molecular weight is 427 g/mol. The van der Waals surface area contributed by atoms with E-state index in [9.17, 15) is 4.79 Å². The quantitative estimate of drug-likeness (QED) is 0.358. The molecule has 0 saturated carbocycles. The molecule has 0 unspecified atom stereocenters. The molecule has 0 radical (unpaired) electrons.